The molecular weight excluding hydrogens is 432 g/mol. The molecule has 2 unspecified atom stereocenters. The molecule has 6 nitrogen and oxygen atoms in total. The average molecular weight is 455 g/mol. The number of carbonyl (C=O) groups is 2. The fourth-order valence-electron chi connectivity index (χ4n) is 3.67. The highest BCUT2D eigenvalue weighted by molar-refractivity contribution is 8.15. The van der Waals surface area contributed by atoms with Gasteiger partial charge in [-0.05, 0) is 43.2 Å². The van der Waals surface area contributed by atoms with E-state index in [4.69, 9.17) is 16.6 Å². The number of rotatable bonds is 6. The number of benzene rings is 2. The number of carbonyl (C=O) groups excluding carboxylic acids is 2. The van der Waals surface area contributed by atoms with Crippen molar-refractivity contribution in [3.8, 4) is 0 Å². The SMILES string of the molecule is CCCC1C(=O)N=C2c3ccccc3N=C(SC(CC)C(=O)Nc3cccc(Cl)c3)N21. The van der Waals surface area contributed by atoms with Gasteiger partial charge in [0.1, 0.15) is 11.9 Å². The van der Waals surface area contributed by atoms with Gasteiger partial charge in [-0.15, -0.1) is 0 Å². The van der Waals surface area contributed by atoms with Crippen LogP contribution in [-0.2, 0) is 9.59 Å². The van der Waals surface area contributed by atoms with Crippen molar-refractivity contribution >= 4 is 57.6 Å². The Morgan fingerprint density at radius 1 is 1.19 bits per heavy atom. The normalized spacial score (nSPS) is 18.1. The summed E-state index contributed by atoms with van der Waals surface area (Å²) in [7, 11) is 0. The van der Waals surface area contributed by atoms with Crippen LogP contribution in [0, 0.1) is 0 Å². The highest BCUT2D eigenvalue weighted by Gasteiger charge is 2.42. The van der Waals surface area contributed by atoms with Gasteiger partial charge in [-0.1, -0.05) is 61.8 Å². The minimum atomic E-state index is -0.387. The van der Waals surface area contributed by atoms with Crippen LogP contribution in [0.1, 0.15) is 38.7 Å². The second kappa shape index (κ2) is 9.24. The number of nitrogens with one attached hydrogen (secondary N) is 1. The van der Waals surface area contributed by atoms with E-state index in [-0.39, 0.29) is 23.1 Å². The van der Waals surface area contributed by atoms with Crippen LogP contribution < -0.4 is 5.32 Å². The molecule has 31 heavy (non-hydrogen) atoms. The molecule has 2 amide bonds. The molecule has 4 rings (SSSR count). The van der Waals surface area contributed by atoms with E-state index in [1.165, 1.54) is 11.8 Å². The molecule has 0 fully saturated rings. The number of amides is 2. The maximum Gasteiger partial charge on any atom is 0.270 e. The van der Waals surface area contributed by atoms with E-state index >= 15 is 0 Å². The molecule has 160 valence electrons. The average Bonchev–Trinajstić information content (AvgIpc) is 3.08. The van der Waals surface area contributed by atoms with Gasteiger partial charge in [0, 0.05) is 16.3 Å². The van der Waals surface area contributed by atoms with Crippen molar-refractivity contribution in [1.82, 2.24) is 4.90 Å². The number of amidine groups is 2. The molecule has 2 aromatic rings. The number of fused-ring (bicyclic) bond motifs is 3. The Kier molecular flexibility index (Phi) is 6.43. The van der Waals surface area contributed by atoms with Gasteiger partial charge in [-0.3, -0.25) is 14.5 Å². The number of hydrogen-bond acceptors (Lipinski definition) is 5. The Hall–Kier alpha value is -2.64. The molecule has 0 radical (unpaired) electrons. The monoisotopic (exact) mass is 454 g/mol. The number of halogens is 1. The lowest BCUT2D eigenvalue weighted by atomic mass is 10.1. The maximum absolute atomic E-state index is 13.0. The molecule has 2 aliphatic heterocycles. The van der Waals surface area contributed by atoms with Gasteiger partial charge in [0.2, 0.25) is 5.91 Å². The number of hydrogen-bond donors (Lipinski definition) is 1. The largest absolute Gasteiger partial charge is 0.325 e. The van der Waals surface area contributed by atoms with E-state index in [2.05, 4.69) is 10.3 Å². The Bertz CT molecular complexity index is 1080. The third kappa shape index (κ3) is 4.38. The standard InChI is InChI=1S/C23H23ClN4O2S/c1-3-8-18-21(29)27-20-16-11-5-6-12-17(16)26-23(28(18)20)31-19(4-2)22(30)25-15-10-7-9-14(24)13-15/h5-7,9-13,18-19H,3-4,8H2,1-2H3,(H,25,30). The first kappa shape index (κ1) is 21.6. The van der Waals surface area contributed by atoms with E-state index in [9.17, 15) is 9.59 Å². The summed E-state index contributed by atoms with van der Waals surface area (Å²) in [5.74, 6) is 0.340. The zero-order valence-corrected chi connectivity index (χ0v) is 18.9. The summed E-state index contributed by atoms with van der Waals surface area (Å²) in [6.45, 7) is 4.00. The van der Waals surface area contributed by atoms with E-state index in [1.54, 1.807) is 24.3 Å². The molecule has 0 aliphatic carbocycles. The molecule has 2 aliphatic rings. The Morgan fingerprint density at radius 3 is 2.74 bits per heavy atom. The molecule has 8 heteroatoms. The van der Waals surface area contributed by atoms with Crippen molar-refractivity contribution in [3.05, 3.63) is 59.1 Å². The molecule has 0 saturated carbocycles. The molecule has 1 N–H and O–H groups in total. The predicted octanol–water partition coefficient (Wildman–Crippen LogP) is 5.25. The lowest BCUT2D eigenvalue weighted by Gasteiger charge is -2.32. The lowest BCUT2D eigenvalue weighted by Crippen LogP contribution is -2.44. The minimum Gasteiger partial charge on any atom is -0.325 e. The van der Waals surface area contributed by atoms with Gasteiger partial charge in [-0.2, -0.15) is 4.99 Å². The molecule has 2 aromatic carbocycles. The van der Waals surface area contributed by atoms with E-state index < -0.39 is 0 Å². The summed E-state index contributed by atoms with van der Waals surface area (Å²) >= 11 is 7.40. The molecule has 2 heterocycles. The van der Waals surface area contributed by atoms with Crippen LogP contribution in [0.2, 0.25) is 5.02 Å². The van der Waals surface area contributed by atoms with Crippen LogP contribution in [0.3, 0.4) is 0 Å². The van der Waals surface area contributed by atoms with Gasteiger partial charge < -0.3 is 5.32 Å². The topological polar surface area (TPSA) is 74.1 Å². The number of thioether (sulfide) groups is 1. The molecule has 0 spiro atoms. The first-order valence-corrected chi connectivity index (χ1v) is 11.6. The molecular formula is C23H23ClN4O2S. The molecule has 0 saturated heterocycles. The number of nitrogens with zero attached hydrogens (tertiary/aromatic N) is 3. The fraction of sp³-hybridized carbons (Fsp3) is 0.304. The van der Waals surface area contributed by atoms with Gasteiger partial charge in [0.05, 0.1) is 10.9 Å². The van der Waals surface area contributed by atoms with Crippen LogP contribution in [-0.4, -0.2) is 39.0 Å². The van der Waals surface area contributed by atoms with Crippen LogP contribution in [0.15, 0.2) is 58.5 Å². The van der Waals surface area contributed by atoms with Crippen LogP contribution >= 0.6 is 23.4 Å². The van der Waals surface area contributed by atoms with Crippen LogP contribution in [0.25, 0.3) is 0 Å². The van der Waals surface area contributed by atoms with Crippen molar-refractivity contribution in [2.24, 2.45) is 9.98 Å². The zero-order chi connectivity index (χ0) is 22.0. The third-order valence-electron chi connectivity index (χ3n) is 5.17. The third-order valence-corrected chi connectivity index (χ3v) is 6.74. The summed E-state index contributed by atoms with van der Waals surface area (Å²) in [6.07, 6.45) is 2.13. The molecule has 0 aromatic heterocycles. The maximum atomic E-state index is 13.0. The highest BCUT2D eigenvalue weighted by atomic mass is 35.5. The number of para-hydroxylation sites is 1. The summed E-state index contributed by atoms with van der Waals surface area (Å²) in [5.41, 5.74) is 2.25. The van der Waals surface area contributed by atoms with E-state index in [1.807, 2.05) is 43.0 Å². The predicted molar refractivity (Wildman–Crippen MR) is 127 cm³/mol. The Balaban J connectivity index is 1.63. The summed E-state index contributed by atoms with van der Waals surface area (Å²) in [5, 5.41) is 3.74. The van der Waals surface area contributed by atoms with Crippen LogP contribution in [0.4, 0.5) is 11.4 Å². The quantitative estimate of drug-likeness (QED) is 0.646. The second-order valence-corrected chi connectivity index (χ2v) is 8.98. The summed E-state index contributed by atoms with van der Waals surface area (Å²) in [6, 6.07) is 14.3. The van der Waals surface area contributed by atoms with Crippen molar-refractivity contribution in [3.63, 3.8) is 0 Å². The van der Waals surface area contributed by atoms with Gasteiger partial charge in [0.15, 0.2) is 5.17 Å². The van der Waals surface area contributed by atoms with Crippen molar-refractivity contribution < 1.29 is 9.59 Å². The fourth-order valence-corrected chi connectivity index (χ4v) is 4.93. The summed E-state index contributed by atoms with van der Waals surface area (Å²) < 4.78 is 0. The van der Waals surface area contributed by atoms with Crippen molar-refractivity contribution in [1.29, 1.82) is 0 Å². The first-order valence-electron chi connectivity index (χ1n) is 10.3. The van der Waals surface area contributed by atoms with Crippen molar-refractivity contribution in [2.45, 2.75) is 44.4 Å². The van der Waals surface area contributed by atoms with Crippen LogP contribution in [0.5, 0.6) is 0 Å². The first-order chi connectivity index (χ1) is 15.0. The smallest absolute Gasteiger partial charge is 0.270 e. The van der Waals surface area contributed by atoms with E-state index in [0.29, 0.717) is 34.6 Å². The van der Waals surface area contributed by atoms with E-state index in [0.717, 1.165) is 17.7 Å². The zero-order valence-electron chi connectivity index (χ0n) is 17.3. The lowest BCUT2D eigenvalue weighted by molar-refractivity contribution is -0.119. The second-order valence-electron chi connectivity index (χ2n) is 7.37. The number of aliphatic imine (C=N–C) groups is 2. The molecule has 0 bridgehead atoms. The van der Waals surface area contributed by atoms with Gasteiger partial charge >= 0.3 is 0 Å². The summed E-state index contributed by atoms with van der Waals surface area (Å²) in [4.78, 5) is 36.7. The Labute approximate surface area is 190 Å². The minimum absolute atomic E-state index is 0.132. The highest BCUT2D eigenvalue weighted by Crippen LogP contribution is 2.36. The van der Waals surface area contributed by atoms with Gasteiger partial charge in [0.25, 0.3) is 5.91 Å². The molecule has 2 atom stereocenters. The Morgan fingerprint density at radius 2 is 2.00 bits per heavy atom. The van der Waals surface area contributed by atoms with Crippen molar-refractivity contribution in [2.75, 3.05) is 5.32 Å². The number of anilines is 1. The van der Waals surface area contributed by atoms with Gasteiger partial charge in [-0.25, -0.2) is 4.99 Å².